The van der Waals surface area contributed by atoms with E-state index in [1.54, 1.807) is 0 Å². The largest absolute Gasteiger partial charge is 0.481 e. The highest BCUT2D eigenvalue weighted by molar-refractivity contribution is 5.76. The number of likely N-dealkylation sites (tertiary alicyclic amines) is 1. The van der Waals surface area contributed by atoms with Crippen molar-refractivity contribution in [2.45, 2.75) is 50.9 Å². The van der Waals surface area contributed by atoms with Crippen LogP contribution in [0.15, 0.2) is 30.3 Å². The molecule has 0 radical (unpaired) electrons. The first-order valence-electron chi connectivity index (χ1n) is 8.06. The Hall–Kier alpha value is -1.84. The number of amides is 1. The van der Waals surface area contributed by atoms with E-state index in [0.29, 0.717) is 19.3 Å². The lowest BCUT2D eigenvalue weighted by molar-refractivity contribution is -0.137. The molecule has 1 N–H and O–H groups in total. The first-order valence-corrected chi connectivity index (χ1v) is 8.06. The van der Waals surface area contributed by atoms with Crippen LogP contribution in [0, 0.1) is 0 Å². The van der Waals surface area contributed by atoms with Gasteiger partial charge in [0, 0.05) is 25.9 Å². The van der Waals surface area contributed by atoms with Gasteiger partial charge < -0.3 is 10.0 Å². The van der Waals surface area contributed by atoms with Gasteiger partial charge in [-0.3, -0.25) is 9.59 Å². The van der Waals surface area contributed by atoms with Gasteiger partial charge in [0.05, 0.1) is 0 Å². The van der Waals surface area contributed by atoms with Gasteiger partial charge in [0.2, 0.25) is 5.91 Å². The molecule has 1 aliphatic heterocycles. The first-order chi connectivity index (χ1) is 10.5. The Morgan fingerprint density at radius 2 is 1.68 bits per heavy atom. The van der Waals surface area contributed by atoms with Crippen molar-refractivity contribution in [1.29, 1.82) is 0 Å². The highest BCUT2D eigenvalue weighted by Gasteiger charge is 2.32. The summed E-state index contributed by atoms with van der Waals surface area (Å²) in [6.45, 7) is 3.86. The summed E-state index contributed by atoms with van der Waals surface area (Å²) in [5, 5.41) is 8.60. The summed E-state index contributed by atoms with van der Waals surface area (Å²) in [6.07, 6.45) is 3.83. The molecule has 1 aromatic carbocycles. The lowest BCUT2D eigenvalue weighted by atomic mass is 9.74. The number of carbonyl (C=O) groups excluding carboxylic acids is 1. The standard InChI is InChI=1S/C18H25NO3/c1-18(15-7-3-2-4-8-15)11-13-19(14-12-18)16(20)9-5-6-10-17(21)22/h2-4,7-8H,5-6,9-14H2,1H3,(H,21,22). The van der Waals surface area contributed by atoms with Gasteiger partial charge in [-0.25, -0.2) is 0 Å². The number of rotatable bonds is 6. The number of carbonyl (C=O) groups is 2. The topological polar surface area (TPSA) is 57.6 Å². The molecular weight excluding hydrogens is 278 g/mol. The number of hydrogen-bond donors (Lipinski definition) is 1. The molecule has 0 aromatic heterocycles. The molecule has 1 saturated heterocycles. The molecule has 4 nitrogen and oxygen atoms in total. The third-order valence-electron chi connectivity index (χ3n) is 4.72. The number of piperidine rings is 1. The Balaban J connectivity index is 1.79. The van der Waals surface area contributed by atoms with E-state index in [4.69, 9.17) is 5.11 Å². The van der Waals surface area contributed by atoms with Crippen molar-refractivity contribution in [3.63, 3.8) is 0 Å². The van der Waals surface area contributed by atoms with Crippen LogP contribution in [0.2, 0.25) is 0 Å². The Labute approximate surface area is 132 Å². The molecule has 1 aromatic rings. The molecule has 1 fully saturated rings. The molecule has 120 valence electrons. The number of benzene rings is 1. The Bertz CT molecular complexity index is 504. The lowest BCUT2D eigenvalue weighted by Gasteiger charge is -2.40. The maximum absolute atomic E-state index is 12.2. The van der Waals surface area contributed by atoms with Crippen LogP contribution in [0.3, 0.4) is 0 Å². The molecule has 22 heavy (non-hydrogen) atoms. The summed E-state index contributed by atoms with van der Waals surface area (Å²) in [5.74, 6) is -0.621. The van der Waals surface area contributed by atoms with Crippen molar-refractivity contribution in [2.24, 2.45) is 0 Å². The molecule has 0 bridgehead atoms. The molecule has 0 aliphatic carbocycles. The highest BCUT2D eigenvalue weighted by atomic mass is 16.4. The maximum atomic E-state index is 12.2. The summed E-state index contributed by atoms with van der Waals surface area (Å²) in [4.78, 5) is 24.6. The fourth-order valence-electron chi connectivity index (χ4n) is 3.09. The molecule has 4 heteroatoms. The van der Waals surface area contributed by atoms with Crippen molar-refractivity contribution in [3.8, 4) is 0 Å². The molecule has 0 atom stereocenters. The average molecular weight is 303 g/mol. The van der Waals surface area contributed by atoms with Crippen LogP contribution in [0.25, 0.3) is 0 Å². The highest BCUT2D eigenvalue weighted by Crippen LogP contribution is 2.35. The van der Waals surface area contributed by atoms with Gasteiger partial charge in [-0.05, 0) is 36.7 Å². The molecule has 1 aliphatic rings. The summed E-state index contributed by atoms with van der Waals surface area (Å²) in [6, 6.07) is 10.5. The number of carboxylic acids is 1. The number of nitrogens with zero attached hydrogens (tertiary/aromatic N) is 1. The van der Waals surface area contributed by atoms with Gasteiger partial charge in [-0.1, -0.05) is 37.3 Å². The molecule has 0 unspecified atom stereocenters. The Kier molecular flexibility index (Phi) is 5.58. The van der Waals surface area contributed by atoms with Crippen molar-refractivity contribution in [1.82, 2.24) is 4.90 Å². The second-order valence-corrected chi connectivity index (χ2v) is 6.41. The fraction of sp³-hybridized carbons (Fsp3) is 0.556. The summed E-state index contributed by atoms with van der Waals surface area (Å²) < 4.78 is 0. The number of aliphatic carboxylic acids is 1. The number of unbranched alkanes of at least 4 members (excludes halogenated alkanes) is 1. The van der Waals surface area contributed by atoms with Gasteiger partial charge in [-0.2, -0.15) is 0 Å². The lowest BCUT2D eigenvalue weighted by Crippen LogP contribution is -2.43. The van der Waals surface area contributed by atoms with Crippen LogP contribution in [0.4, 0.5) is 0 Å². The van der Waals surface area contributed by atoms with E-state index >= 15 is 0 Å². The van der Waals surface area contributed by atoms with Crippen LogP contribution >= 0.6 is 0 Å². The summed E-state index contributed by atoms with van der Waals surface area (Å²) >= 11 is 0. The van der Waals surface area contributed by atoms with Crippen LogP contribution in [0.1, 0.15) is 51.0 Å². The minimum absolute atomic E-state index is 0.152. The minimum Gasteiger partial charge on any atom is -0.481 e. The van der Waals surface area contributed by atoms with Gasteiger partial charge in [0.1, 0.15) is 0 Å². The normalized spacial score (nSPS) is 17.2. The van der Waals surface area contributed by atoms with E-state index in [1.165, 1.54) is 5.56 Å². The first kappa shape index (κ1) is 16.5. The zero-order valence-electron chi connectivity index (χ0n) is 13.3. The van der Waals surface area contributed by atoms with Crippen molar-refractivity contribution >= 4 is 11.9 Å². The fourth-order valence-corrected chi connectivity index (χ4v) is 3.09. The SMILES string of the molecule is CC1(c2ccccc2)CCN(C(=O)CCCCC(=O)O)CC1. The van der Waals surface area contributed by atoms with Crippen LogP contribution in [-0.4, -0.2) is 35.0 Å². The van der Waals surface area contributed by atoms with Crippen molar-refractivity contribution < 1.29 is 14.7 Å². The predicted octanol–water partition coefficient (Wildman–Crippen LogP) is 3.21. The van der Waals surface area contributed by atoms with E-state index in [1.807, 2.05) is 11.0 Å². The molecule has 1 heterocycles. The third-order valence-corrected chi connectivity index (χ3v) is 4.72. The van der Waals surface area contributed by atoms with Gasteiger partial charge in [0.15, 0.2) is 0 Å². The number of carboxylic acid groups (broad SMARTS) is 1. The van der Waals surface area contributed by atoms with Crippen molar-refractivity contribution in [2.75, 3.05) is 13.1 Å². The second-order valence-electron chi connectivity index (χ2n) is 6.41. The van der Waals surface area contributed by atoms with E-state index in [-0.39, 0.29) is 17.7 Å². The Morgan fingerprint density at radius 3 is 2.27 bits per heavy atom. The van der Waals surface area contributed by atoms with E-state index in [9.17, 15) is 9.59 Å². The molecular formula is C18H25NO3. The summed E-state index contributed by atoms with van der Waals surface area (Å²) in [7, 11) is 0. The van der Waals surface area contributed by atoms with Gasteiger partial charge in [0.25, 0.3) is 0 Å². The predicted molar refractivity (Wildman–Crippen MR) is 85.7 cm³/mol. The zero-order chi connectivity index (χ0) is 16.0. The number of hydrogen-bond acceptors (Lipinski definition) is 2. The van der Waals surface area contributed by atoms with Gasteiger partial charge in [-0.15, -0.1) is 0 Å². The van der Waals surface area contributed by atoms with E-state index < -0.39 is 5.97 Å². The Morgan fingerprint density at radius 1 is 1.09 bits per heavy atom. The summed E-state index contributed by atoms with van der Waals surface area (Å²) in [5.41, 5.74) is 1.50. The smallest absolute Gasteiger partial charge is 0.303 e. The van der Waals surface area contributed by atoms with Crippen molar-refractivity contribution in [3.05, 3.63) is 35.9 Å². The molecule has 0 spiro atoms. The monoisotopic (exact) mass is 303 g/mol. The van der Waals surface area contributed by atoms with Crippen LogP contribution in [0.5, 0.6) is 0 Å². The van der Waals surface area contributed by atoms with E-state index in [0.717, 1.165) is 25.9 Å². The van der Waals surface area contributed by atoms with Crippen LogP contribution in [-0.2, 0) is 15.0 Å². The second kappa shape index (κ2) is 7.43. The zero-order valence-corrected chi connectivity index (χ0v) is 13.3. The minimum atomic E-state index is -0.788. The molecule has 1 amide bonds. The molecule has 0 saturated carbocycles. The molecule has 2 rings (SSSR count). The van der Waals surface area contributed by atoms with E-state index in [2.05, 4.69) is 31.2 Å². The van der Waals surface area contributed by atoms with Crippen LogP contribution < -0.4 is 0 Å². The average Bonchev–Trinajstić information content (AvgIpc) is 2.53. The third kappa shape index (κ3) is 4.33. The van der Waals surface area contributed by atoms with Gasteiger partial charge >= 0.3 is 5.97 Å². The maximum Gasteiger partial charge on any atom is 0.303 e. The quantitative estimate of drug-likeness (QED) is 0.821.